The lowest BCUT2D eigenvalue weighted by Gasteiger charge is -2.32. The molecule has 0 spiro atoms. The van der Waals surface area contributed by atoms with Gasteiger partial charge in [0, 0.05) is 50.4 Å². The van der Waals surface area contributed by atoms with Crippen LogP contribution in [-0.2, 0) is 11.2 Å². The van der Waals surface area contributed by atoms with Crippen molar-refractivity contribution in [1.82, 2.24) is 20.1 Å². The van der Waals surface area contributed by atoms with E-state index in [9.17, 15) is 9.18 Å². The Bertz CT molecular complexity index is 954. The number of nitrogens with one attached hydrogen (secondary N) is 1. The first-order chi connectivity index (χ1) is 17.0. The summed E-state index contributed by atoms with van der Waals surface area (Å²) in [6, 6.07) is 11.1. The summed E-state index contributed by atoms with van der Waals surface area (Å²) in [6.45, 7) is 7.59. The molecule has 190 valence electrons. The molecule has 2 fully saturated rings. The molecule has 4 rings (SSSR count). The van der Waals surface area contributed by atoms with Crippen molar-refractivity contribution in [3.63, 3.8) is 0 Å². The molecular weight excluding hydrogens is 443 g/mol. The zero-order chi connectivity index (χ0) is 24.6. The first-order valence-corrected chi connectivity index (χ1v) is 13.1. The van der Waals surface area contributed by atoms with Gasteiger partial charge in [-0.25, -0.2) is 0 Å². The van der Waals surface area contributed by atoms with Gasteiger partial charge in [0.05, 0.1) is 6.42 Å². The number of hydrogen-bond acceptors (Lipinski definition) is 5. The minimum atomic E-state index is -0.547. The lowest BCUT2D eigenvalue weighted by Crippen LogP contribution is -2.45. The Morgan fingerprint density at radius 3 is 2.49 bits per heavy atom. The second kappa shape index (κ2) is 12.5. The summed E-state index contributed by atoms with van der Waals surface area (Å²) < 4.78 is 20.4. The molecule has 6 nitrogen and oxygen atoms in total. The van der Waals surface area contributed by atoms with Crippen LogP contribution >= 0.6 is 0 Å². The molecule has 0 bridgehead atoms. The summed E-state index contributed by atoms with van der Waals surface area (Å²) in [5, 5.41) is 3.17. The number of carbonyl (C=O) groups excluding carboxylic acids is 1. The minimum Gasteiger partial charge on any atom is -0.476 e. The molecule has 2 aromatic rings. The first-order valence-electron chi connectivity index (χ1n) is 13.1. The van der Waals surface area contributed by atoms with E-state index in [0.29, 0.717) is 30.4 Å². The number of pyridine rings is 1. The number of halogens is 1. The Morgan fingerprint density at radius 1 is 1.09 bits per heavy atom. The SMILES string of the molecule is C[C@@H](NC(=O)Cc1ccc(-c2ccc(OCCN3CCN(C)CC3)nc2F)cc1)C1CCCCC1. The summed E-state index contributed by atoms with van der Waals surface area (Å²) in [5.74, 6) is 0.390. The molecule has 1 N–H and O–H groups in total. The molecule has 1 aromatic heterocycles. The number of ether oxygens (including phenoxy) is 1. The van der Waals surface area contributed by atoms with Crippen molar-refractivity contribution in [2.24, 2.45) is 5.92 Å². The monoisotopic (exact) mass is 482 g/mol. The Balaban J connectivity index is 1.26. The van der Waals surface area contributed by atoms with E-state index < -0.39 is 5.95 Å². The molecule has 1 aliphatic carbocycles. The van der Waals surface area contributed by atoms with Crippen LogP contribution < -0.4 is 10.1 Å². The van der Waals surface area contributed by atoms with Crippen molar-refractivity contribution < 1.29 is 13.9 Å². The molecule has 1 aliphatic heterocycles. The van der Waals surface area contributed by atoms with Crippen LogP contribution in [0.5, 0.6) is 5.88 Å². The Kier molecular flexibility index (Phi) is 9.10. The van der Waals surface area contributed by atoms with Crippen molar-refractivity contribution in [3.05, 3.63) is 47.9 Å². The highest BCUT2D eigenvalue weighted by Crippen LogP contribution is 2.27. The molecule has 7 heteroatoms. The van der Waals surface area contributed by atoms with Crippen molar-refractivity contribution in [2.75, 3.05) is 46.4 Å². The number of rotatable bonds is 9. The van der Waals surface area contributed by atoms with Gasteiger partial charge in [-0.2, -0.15) is 9.37 Å². The second-order valence-corrected chi connectivity index (χ2v) is 10.1. The maximum atomic E-state index is 14.7. The van der Waals surface area contributed by atoms with Gasteiger partial charge in [0.1, 0.15) is 6.61 Å². The molecule has 2 aliphatic rings. The van der Waals surface area contributed by atoms with Gasteiger partial charge < -0.3 is 15.0 Å². The molecule has 1 saturated carbocycles. The number of hydrogen-bond donors (Lipinski definition) is 1. The molecule has 1 saturated heterocycles. The summed E-state index contributed by atoms with van der Waals surface area (Å²) >= 11 is 0. The lowest BCUT2D eigenvalue weighted by atomic mass is 9.84. The van der Waals surface area contributed by atoms with E-state index in [1.54, 1.807) is 12.1 Å². The van der Waals surface area contributed by atoms with Crippen LogP contribution in [-0.4, -0.2) is 73.1 Å². The highest BCUT2D eigenvalue weighted by atomic mass is 19.1. The summed E-state index contributed by atoms with van der Waals surface area (Å²) in [4.78, 5) is 21.2. The van der Waals surface area contributed by atoms with Crippen molar-refractivity contribution in [2.45, 2.75) is 51.5 Å². The molecule has 1 atom stereocenters. The molecule has 0 radical (unpaired) electrons. The number of nitrogens with zero attached hydrogens (tertiary/aromatic N) is 3. The van der Waals surface area contributed by atoms with Crippen LogP contribution in [0.3, 0.4) is 0 Å². The van der Waals surface area contributed by atoms with Crippen molar-refractivity contribution in [1.29, 1.82) is 0 Å². The third kappa shape index (κ3) is 7.48. The van der Waals surface area contributed by atoms with Gasteiger partial charge in [0.25, 0.3) is 0 Å². The molecule has 1 aromatic carbocycles. The van der Waals surface area contributed by atoms with E-state index in [1.165, 1.54) is 32.1 Å². The first kappa shape index (κ1) is 25.6. The fourth-order valence-electron chi connectivity index (χ4n) is 5.11. The van der Waals surface area contributed by atoms with Crippen LogP contribution in [0.25, 0.3) is 11.1 Å². The van der Waals surface area contributed by atoms with Crippen LogP contribution in [0.15, 0.2) is 36.4 Å². The van der Waals surface area contributed by atoms with Gasteiger partial charge in [0.15, 0.2) is 0 Å². The Labute approximate surface area is 208 Å². The third-order valence-electron chi connectivity index (χ3n) is 7.45. The number of amides is 1. The highest BCUT2D eigenvalue weighted by Gasteiger charge is 2.21. The predicted molar refractivity (Wildman–Crippen MR) is 137 cm³/mol. The quantitative estimate of drug-likeness (QED) is 0.545. The number of carbonyl (C=O) groups is 1. The van der Waals surface area contributed by atoms with Crippen LogP contribution in [0.2, 0.25) is 0 Å². The van der Waals surface area contributed by atoms with E-state index >= 15 is 0 Å². The van der Waals surface area contributed by atoms with E-state index in [-0.39, 0.29) is 11.9 Å². The highest BCUT2D eigenvalue weighted by molar-refractivity contribution is 5.79. The predicted octanol–water partition coefficient (Wildman–Crippen LogP) is 4.14. The van der Waals surface area contributed by atoms with Gasteiger partial charge in [-0.3, -0.25) is 9.69 Å². The van der Waals surface area contributed by atoms with Gasteiger partial charge in [-0.1, -0.05) is 43.5 Å². The summed E-state index contributed by atoms with van der Waals surface area (Å²) in [7, 11) is 2.13. The number of benzene rings is 1. The molecule has 0 unspecified atom stereocenters. The average molecular weight is 483 g/mol. The van der Waals surface area contributed by atoms with Gasteiger partial charge >= 0.3 is 0 Å². The van der Waals surface area contributed by atoms with E-state index in [1.807, 2.05) is 24.3 Å². The maximum Gasteiger partial charge on any atom is 0.224 e. The zero-order valence-corrected chi connectivity index (χ0v) is 21.1. The molecule has 1 amide bonds. The fourth-order valence-corrected chi connectivity index (χ4v) is 5.11. The Morgan fingerprint density at radius 2 is 1.80 bits per heavy atom. The summed E-state index contributed by atoms with van der Waals surface area (Å²) in [6.07, 6.45) is 6.58. The van der Waals surface area contributed by atoms with Crippen LogP contribution in [0.4, 0.5) is 4.39 Å². The number of piperazine rings is 1. The van der Waals surface area contributed by atoms with E-state index in [0.717, 1.165) is 43.9 Å². The molecular formula is C28H39FN4O2. The third-order valence-corrected chi connectivity index (χ3v) is 7.45. The fraction of sp³-hybridized carbons (Fsp3) is 0.571. The maximum absolute atomic E-state index is 14.7. The van der Waals surface area contributed by atoms with E-state index in [2.05, 4.69) is 34.1 Å². The standard InChI is InChI=1S/C28H39FN4O2/c1-21(23-6-4-3-5-7-23)30-26(34)20-22-8-10-24(11-9-22)25-12-13-27(31-28(25)29)35-19-18-33-16-14-32(2)15-17-33/h8-13,21,23H,3-7,14-20H2,1-2H3,(H,30,34)/t21-/m1/s1. The summed E-state index contributed by atoms with van der Waals surface area (Å²) in [5.41, 5.74) is 2.08. The number of aromatic nitrogens is 1. The van der Waals surface area contributed by atoms with Gasteiger partial charge in [0.2, 0.25) is 17.7 Å². The number of likely N-dealkylation sites (N-methyl/N-ethyl adjacent to an activating group) is 1. The lowest BCUT2D eigenvalue weighted by molar-refractivity contribution is -0.121. The van der Waals surface area contributed by atoms with Crippen LogP contribution in [0.1, 0.15) is 44.6 Å². The van der Waals surface area contributed by atoms with Crippen LogP contribution in [0, 0.1) is 11.9 Å². The largest absolute Gasteiger partial charge is 0.476 e. The molecule has 35 heavy (non-hydrogen) atoms. The minimum absolute atomic E-state index is 0.0433. The van der Waals surface area contributed by atoms with Crippen molar-refractivity contribution >= 4 is 5.91 Å². The van der Waals surface area contributed by atoms with Crippen molar-refractivity contribution in [3.8, 4) is 17.0 Å². The zero-order valence-electron chi connectivity index (χ0n) is 21.1. The smallest absolute Gasteiger partial charge is 0.224 e. The normalized spacial score (nSPS) is 18.8. The average Bonchev–Trinajstić information content (AvgIpc) is 2.86. The Hall–Kier alpha value is -2.51. The van der Waals surface area contributed by atoms with Gasteiger partial charge in [-0.05, 0) is 49.9 Å². The van der Waals surface area contributed by atoms with E-state index in [4.69, 9.17) is 4.74 Å². The molecule has 2 heterocycles. The topological polar surface area (TPSA) is 57.7 Å². The second-order valence-electron chi connectivity index (χ2n) is 10.1. The van der Waals surface area contributed by atoms with Gasteiger partial charge in [-0.15, -0.1) is 0 Å².